The Morgan fingerprint density at radius 1 is 0.319 bits per heavy atom. The molecule has 4 amide bonds. The van der Waals surface area contributed by atoms with E-state index in [1.165, 1.54) is 115 Å². The summed E-state index contributed by atoms with van der Waals surface area (Å²) in [7, 11) is 5.77. The topological polar surface area (TPSA) is 345 Å². The monoisotopic (exact) mass is 2030 g/mol. The summed E-state index contributed by atoms with van der Waals surface area (Å²) < 4.78 is 102. The molecule has 0 aliphatic rings. The molecule has 0 radical (unpaired) electrons. The Morgan fingerprint density at radius 2 is 0.603 bits per heavy atom. The number of benzene rings is 8. The fourth-order valence-electron chi connectivity index (χ4n) is 11.3. The van der Waals surface area contributed by atoms with Crippen LogP contribution in [0.1, 0.15) is 80.4 Å². The van der Waals surface area contributed by atoms with Gasteiger partial charge in [0.2, 0.25) is 0 Å². The molecule has 0 saturated carbocycles. The number of aromatic nitrogens is 4. The summed E-state index contributed by atoms with van der Waals surface area (Å²) in [5.74, 6) is -5.01. The molecule has 4 heterocycles. The van der Waals surface area contributed by atoms with E-state index in [0.717, 1.165) is 44.0 Å². The number of rotatable bonds is 20. The molecule has 12 aromatic rings. The number of nitrogens with zero attached hydrogens (tertiary/aromatic N) is 4. The van der Waals surface area contributed by atoms with Gasteiger partial charge in [0, 0.05) is 66.7 Å². The van der Waals surface area contributed by atoms with E-state index in [9.17, 15) is 60.3 Å². The van der Waals surface area contributed by atoms with Crippen molar-refractivity contribution >= 4 is 160 Å². The van der Waals surface area contributed by atoms with E-state index >= 15 is 0 Å². The van der Waals surface area contributed by atoms with E-state index in [-0.39, 0.29) is 97.0 Å². The zero-order valence-electron chi connectivity index (χ0n) is 63.6. The maximum absolute atomic E-state index is 14.4. The number of amides is 4. The zero-order valence-corrected chi connectivity index (χ0v) is 72.2. The normalized spacial score (nSPS) is 10.7. The summed E-state index contributed by atoms with van der Waals surface area (Å²) >= 11 is 7.92. The Morgan fingerprint density at radius 3 is 0.922 bits per heavy atom. The van der Waals surface area contributed by atoms with E-state index in [0.29, 0.717) is 37.1 Å². The SMILES string of the molecule is Cc1ccc(Oc2cc(=O)n(C)c(Nc3ccc(I)cc3F)c2C(N)=O)c(C)c1.Cc1cccc(C)c1Oc1cc(=O)n(C)c(Nc2ccc(I)cc2F)c1C(N)=O.Cc1cccc(Oc2cc(=O)n(C)c(Nc3ccc(I)cc3F)c2C(N)=O)c1C.Cc1cccc(Oc2cc(=O)n(C)c(Nc3ccc(I)cc3F)c2C(N)=O)c1F. The smallest absolute Gasteiger partial charge is 0.256 e. The van der Waals surface area contributed by atoms with E-state index < -0.39 is 75.0 Å². The third-order valence-corrected chi connectivity index (χ3v) is 20.3. The molecule has 33 heteroatoms. The van der Waals surface area contributed by atoms with Gasteiger partial charge in [0.25, 0.3) is 45.9 Å². The van der Waals surface area contributed by atoms with Gasteiger partial charge in [-0.1, -0.05) is 60.2 Å². The molecule has 0 fully saturated rings. The molecule has 24 nitrogen and oxygen atoms in total. The molecule has 600 valence electrons. The molecule has 0 bridgehead atoms. The summed E-state index contributed by atoms with van der Waals surface area (Å²) in [5, 5.41) is 11.2. The third-order valence-electron chi connectivity index (χ3n) is 17.7. The van der Waals surface area contributed by atoms with Gasteiger partial charge >= 0.3 is 0 Å². The van der Waals surface area contributed by atoms with Gasteiger partial charge in [-0.2, -0.15) is 0 Å². The third kappa shape index (κ3) is 21.1. The van der Waals surface area contributed by atoms with E-state index in [1.807, 2.05) is 174 Å². The summed E-state index contributed by atoms with van der Waals surface area (Å²) in [6.07, 6.45) is 0. The second-order valence-corrected chi connectivity index (χ2v) is 30.9. The van der Waals surface area contributed by atoms with Gasteiger partial charge in [0.1, 0.15) is 109 Å². The summed E-state index contributed by atoms with van der Waals surface area (Å²) in [5.41, 5.74) is 26.1. The maximum atomic E-state index is 14.4. The lowest BCUT2D eigenvalue weighted by Crippen LogP contribution is -2.25. The van der Waals surface area contributed by atoms with Crippen molar-refractivity contribution in [2.75, 3.05) is 21.3 Å². The second kappa shape index (κ2) is 38.2. The van der Waals surface area contributed by atoms with E-state index in [4.69, 9.17) is 41.9 Å². The van der Waals surface area contributed by atoms with Gasteiger partial charge in [-0.05, 0) is 263 Å². The quantitative estimate of drug-likeness (QED) is 0.0260. The highest BCUT2D eigenvalue weighted by Gasteiger charge is 2.28. The van der Waals surface area contributed by atoms with Gasteiger partial charge in [0.05, 0.1) is 22.7 Å². The van der Waals surface area contributed by atoms with Crippen molar-refractivity contribution in [3.8, 4) is 46.0 Å². The number of anilines is 8. The van der Waals surface area contributed by atoms with Gasteiger partial charge in [-0.3, -0.25) is 56.6 Å². The molecule has 4 aromatic heterocycles. The van der Waals surface area contributed by atoms with Gasteiger partial charge < -0.3 is 63.1 Å². The second-order valence-electron chi connectivity index (χ2n) is 26.0. The van der Waals surface area contributed by atoms with Crippen LogP contribution in [0.5, 0.6) is 46.0 Å². The minimum atomic E-state index is -0.933. The van der Waals surface area contributed by atoms with Gasteiger partial charge in [0.15, 0.2) is 11.6 Å². The highest BCUT2D eigenvalue weighted by atomic mass is 127. The molecule has 116 heavy (non-hydrogen) atoms. The average Bonchev–Trinajstić information content (AvgIpc) is 0.792. The van der Waals surface area contributed by atoms with Crippen LogP contribution in [-0.2, 0) is 28.2 Å². The lowest BCUT2D eigenvalue weighted by atomic mass is 10.1. The van der Waals surface area contributed by atoms with Crippen LogP contribution in [0.15, 0.2) is 189 Å². The molecule has 12 N–H and O–H groups in total. The van der Waals surface area contributed by atoms with Crippen LogP contribution >= 0.6 is 90.4 Å². The first-order valence-corrected chi connectivity index (χ1v) is 38.7. The van der Waals surface area contributed by atoms with Gasteiger partial charge in [-0.25, -0.2) is 22.0 Å². The Bertz CT molecular complexity index is 5970. The molecular formula is C83H73F5I4N12O12. The number of hydrogen-bond donors (Lipinski definition) is 8. The summed E-state index contributed by atoms with van der Waals surface area (Å²) in [6, 6.07) is 43.7. The highest BCUT2D eigenvalue weighted by Crippen LogP contribution is 2.39. The molecular weight excluding hydrogens is 1960 g/mol. The Balaban J connectivity index is 0.000000177. The van der Waals surface area contributed by atoms with Crippen molar-refractivity contribution in [2.24, 2.45) is 51.1 Å². The molecule has 0 unspecified atom stereocenters. The first-order valence-electron chi connectivity index (χ1n) is 34.4. The molecule has 0 saturated heterocycles. The fraction of sp³-hybridized carbons (Fsp3) is 0.133. The number of hydrogen-bond acceptors (Lipinski definition) is 16. The van der Waals surface area contributed by atoms with Crippen molar-refractivity contribution in [2.45, 2.75) is 48.5 Å². The highest BCUT2D eigenvalue weighted by molar-refractivity contribution is 14.1. The minimum Gasteiger partial charge on any atom is -0.456 e. The number of nitrogens with one attached hydrogen (secondary N) is 4. The van der Waals surface area contributed by atoms with E-state index in [2.05, 4.69) is 21.3 Å². The summed E-state index contributed by atoms with van der Waals surface area (Å²) in [4.78, 5) is 98.9. The lowest BCUT2D eigenvalue weighted by molar-refractivity contribution is 0.0989. The molecule has 0 aliphatic carbocycles. The first-order chi connectivity index (χ1) is 54.7. The Kier molecular flexibility index (Phi) is 29.1. The molecule has 12 rings (SSSR count). The standard InChI is InChI=1S/3C21H19FIN3O3.C20H16F2IN3O3/c1-11-4-7-16(12(2)8-11)29-17-10-18(27)26(3)21(19(17)20(24)28)25-15-6-5-13(23)9-14(15)22;1-11-5-4-6-16(12(11)2)29-17-10-18(27)26(3)21(19(17)20(24)28)25-15-8-7-13(23)9-14(15)22;1-11-5-4-6-12(2)19(11)29-16-10-17(27)26(3)21(18(16)20(24)28)25-15-8-7-13(23)9-14(15)22;1-10-4-3-5-14(18(10)22)29-15-9-16(27)26(2)20(17(15)19(24)28)25-13-7-6-11(23)8-12(13)21/h3*4-10,25H,1-3H3,(H2,24,28);3-9,25H,1-2H3,(H2,24,28). The number of primary amides is 4. The lowest BCUT2D eigenvalue weighted by Gasteiger charge is -2.19. The zero-order chi connectivity index (χ0) is 85.2. The van der Waals surface area contributed by atoms with Crippen LogP contribution in [0.25, 0.3) is 0 Å². The number of nitrogens with two attached hydrogens (primary N) is 4. The molecule has 0 atom stereocenters. The van der Waals surface area contributed by atoms with Gasteiger partial charge in [-0.15, -0.1) is 0 Å². The maximum Gasteiger partial charge on any atom is 0.256 e. The summed E-state index contributed by atoms with van der Waals surface area (Å²) in [6.45, 7) is 12.9. The van der Waals surface area contributed by atoms with Crippen LogP contribution in [0.3, 0.4) is 0 Å². The van der Waals surface area contributed by atoms with Crippen LogP contribution in [0, 0.1) is 91.8 Å². The fourth-order valence-corrected chi connectivity index (χ4v) is 13.1. The number of para-hydroxylation sites is 1. The number of halogens is 9. The van der Waals surface area contributed by atoms with Crippen LogP contribution in [0.2, 0.25) is 0 Å². The molecule has 0 aliphatic heterocycles. The number of carbonyl (C=O) groups is 4. The van der Waals surface area contributed by atoms with Crippen LogP contribution in [0.4, 0.5) is 68.0 Å². The van der Waals surface area contributed by atoms with E-state index in [1.54, 1.807) is 55.5 Å². The predicted molar refractivity (Wildman–Crippen MR) is 470 cm³/mol. The minimum absolute atomic E-state index is 0.000901. The number of aryl methyl sites for hydroxylation is 6. The van der Waals surface area contributed by atoms with Crippen molar-refractivity contribution in [3.05, 3.63) is 316 Å². The van der Waals surface area contributed by atoms with Crippen LogP contribution < -0.4 is 85.4 Å². The number of ether oxygens (including phenoxy) is 4. The molecule has 8 aromatic carbocycles. The van der Waals surface area contributed by atoms with Crippen LogP contribution in [-0.4, -0.2) is 41.9 Å². The molecule has 0 spiro atoms. The Labute approximate surface area is 714 Å². The number of pyridine rings is 4. The van der Waals surface area contributed by atoms with Crippen molar-refractivity contribution in [1.29, 1.82) is 0 Å². The van der Waals surface area contributed by atoms with Crippen molar-refractivity contribution in [1.82, 2.24) is 18.3 Å². The van der Waals surface area contributed by atoms with Crippen molar-refractivity contribution in [3.63, 3.8) is 0 Å². The largest absolute Gasteiger partial charge is 0.456 e. The first kappa shape index (κ1) is 88.4. The van der Waals surface area contributed by atoms with Crippen molar-refractivity contribution < 1.29 is 60.1 Å². The Hall–Kier alpha value is -11.6. The average molecular weight is 2030 g/mol. The number of carbonyl (C=O) groups excluding carboxylic acids is 4. The predicted octanol–water partition coefficient (Wildman–Crippen LogP) is 17.4.